The van der Waals surface area contributed by atoms with Crippen LogP contribution in [0.5, 0.6) is 0 Å². The molecule has 1 aromatic rings. The van der Waals surface area contributed by atoms with E-state index in [4.69, 9.17) is 0 Å². The molecule has 3 nitrogen and oxygen atoms in total. The van der Waals surface area contributed by atoms with Gasteiger partial charge in [0.1, 0.15) is 6.04 Å². The van der Waals surface area contributed by atoms with Gasteiger partial charge in [-0.15, -0.1) is 0 Å². The van der Waals surface area contributed by atoms with Crippen LogP contribution in [0.1, 0.15) is 45.2 Å². The zero-order valence-electron chi connectivity index (χ0n) is 11.9. The normalized spacial score (nSPS) is 27.9. The van der Waals surface area contributed by atoms with Crippen LogP contribution in [0.25, 0.3) is 0 Å². The Bertz CT molecular complexity index is 479. The van der Waals surface area contributed by atoms with Gasteiger partial charge in [0, 0.05) is 5.54 Å². The Morgan fingerprint density at radius 3 is 2.42 bits per heavy atom. The maximum Gasteiger partial charge on any atom is 0.246 e. The maximum absolute atomic E-state index is 12.8. The molecule has 0 radical (unpaired) electrons. The van der Waals surface area contributed by atoms with Crippen LogP contribution in [0, 0.1) is 5.92 Å². The predicted molar refractivity (Wildman–Crippen MR) is 75.4 cm³/mol. The number of hydrogen-bond acceptors (Lipinski definition) is 2. The lowest BCUT2D eigenvalue weighted by Crippen LogP contribution is -2.51. The van der Waals surface area contributed by atoms with Crippen LogP contribution in [0.4, 0.5) is 0 Å². The number of carbonyl (C=O) groups is 1. The molecule has 102 valence electrons. The van der Waals surface area contributed by atoms with Crippen molar-refractivity contribution in [2.24, 2.45) is 5.92 Å². The molecule has 0 aromatic heterocycles. The van der Waals surface area contributed by atoms with E-state index in [0.29, 0.717) is 5.92 Å². The van der Waals surface area contributed by atoms with Gasteiger partial charge in [0.05, 0.1) is 6.17 Å². The quantitative estimate of drug-likeness (QED) is 0.904. The molecule has 1 heterocycles. The van der Waals surface area contributed by atoms with E-state index in [-0.39, 0.29) is 23.7 Å². The molecule has 19 heavy (non-hydrogen) atoms. The highest BCUT2D eigenvalue weighted by Crippen LogP contribution is 2.45. The lowest BCUT2D eigenvalue weighted by molar-refractivity contribution is -0.135. The van der Waals surface area contributed by atoms with Gasteiger partial charge >= 0.3 is 0 Å². The molecular formula is C16H22N2O. The molecule has 1 aromatic carbocycles. The van der Waals surface area contributed by atoms with Gasteiger partial charge in [-0.2, -0.15) is 0 Å². The van der Waals surface area contributed by atoms with Crippen molar-refractivity contribution in [2.75, 3.05) is 0 Å². The van der Waals surface area contributed by atoms with Crippen molar-refractivity contribution in [3.63, 3.8) is 0 Å². The fourth-order valence-corrected chi connectivity index (χ4v) is 3.37. The summed E-state index contributed by atoms with van der Waals surface area (Å²) in [6, 6.07) is 9.83. The predicted octanol–water partition coefficient (Wildman–Crippen LogP) is 2.69. The molecule has 0 bridgehead atoms. The van der Waals surface area contributed by atoms with Crippen molar-refractivity contribution in [2.45, 2.75) is 51.4 Å². The fourth-order valence-electron chi connectivity index (χ4n) is 3.37. The van der Waals surface area contributed by atoms with E-state index in [0.717, 1.165) is 5.56 Å². The molecule has 2 unspecified atom stereocenters. The number of nitrogens with zero attached hydrogens (tertiary/aromatic N) is 1. The molecule has 1 aliphatic carbocycles. The minimum atomic E-state index is -0.186. The van der Waals surface area contributed by atoms with Crippen LogP contribution >= 0.6 is 0 Å². The number of rotatable bonds is 3. The number of hydrogen-bond donors (Lipinski definition) is 1. The lowest BCUT2D eigenvalue weighted by Gasteiger charge is -2.38. The first-order valence-corrected chi connectivity index (χ1v) is 7.16. The third-order valence-corrected chi connectivity index (χ3v) is 4.61. The first-order chi connectivity index (χ1) is 9.01. The van der Waals surface area contributed by atoms with Crippen molar-refractivity contribution >= 4 is 5.91 Å². The van der Waals surface area contributed by atoms with Crippen LogP contribution in [-0.4, -0.2) is 22.5 Å². The Balaban J connectivity index is 1.87. The Morgan fingerprint density at radius 2 is 1.84 bits per heavy atom. The van der Waals surface area contributed by atoms with Gasteiger partial charge < -0.3 is 4.90 Å². The van der Waals surface area contributed by atoms with Crippen LogP contribution < -0.4 is 5.32 Å². The smallest absolute Gasteiger partial charge is 0.246 e. The van der Waals surface area contributed by atoms with E-state index in [2.05, 4.69) is 31.0 Å². The summed E-state index contributed by atoms with van der Waals surface area (Å²) in [6.45, 7) is 6.49. The summed E-state index contributed by atoms with van der Waals surface area (Å²) in [5.74, 6) is 0.880. The van der Waals surface area contributed by atoms with Crippen LogP contribution in [0.2, 0.25) is 0 Å². The van der Waals surface area contributed by atoms with Gasteiger partial charge in [0.15, 0.2) is 0 Å². The summed E-state index contributed by atoms with van der Waals surface area (Å²) in [5, 5.41) is 3.44. The average Bonchev–Trinajstić information content (AvgIpc) is 3.17. The summed E-state index contributed by atoms with van der Waals surface area (Å²) < 4.78 is 0. The third kappa shape index (κ3) is 2.06. The van der Waals surface area contributed by atoms with Gasteiger partial charge in [-0.1, -0.05) is 30.3 Å². The van der Waals surface area contributed by atoms with E-state index < -0.39 is 0 Å². The lowest BCUT2D eigenvalue weighted by atomic mass is 9.95. The van der Waals surface area contributed by atoms with Crippen LogP contribution in [-0.2, 0) is 4.79 Å². The summed E-state index contributed by atoms with van der Waals surface area (Å²) in [7, 11) is 0. The first kappa shape index (κ1) is 12.7. The van der Waals surface area contributed by atoms with Gasteiger partial charge in [-0.05, 0) is 45.1 Å². The van der Waals surface area contributed by atoms with E-state index >= 15 is 0 Å². The topological polar surface area (TPSA) is 32.3 Å². The molecule has 1 aliphatic heterocycles. The molecule has 3 heteroatoms. The Morgan fingerprint density at radius 1 is 1.21 bits per heavy atom. The first-order valence-electron chi connectivity index (χ1n) is 7.16. The van der Waals surface area contributed by atoms with Crippen LogP contribution in [0.15, 0.2) is 30.3 Å². The van der Waals surface area contributed by atoms with Crippen molar-refractivity contribution in [3.05, 3.63) is 35.9 Å². The molecule has 1 N–H and O–H groups in total. The maximum atomic E-state index is 12.8. The van der Waals surface area contributed by atoms with Crippen LogP contribution in [0.3, 0.4) is 0 Å². The number of benzene rings is 1. The zero-order chi connectivity index (χ0) is 13.6. The molecular weight excluding hydrogens is 236 g/mol. The van der Waals surface area contributed by atoms with Gasteiger partial charge in [0.25, 0.3) is 0 Å². The van der Waals surface area contributed by atoms with Crippen molar-refractivity contribution in [1.29, 1.82) is 0 Å². The average molecular weight is 258 g/mol. The number of nitrogens with one attached hydrogen (secondary N) is 1. The molecule has 0 spiro atoms. The van der Waals surface area contributed by atoms with Gasteiger partial charge in [-0.3, -0.25) is 10.1 Å². The van der Waals surface area contributed by atoms with Crippen molar-refractivity contribution < 1.29 is 4.79 Å². The van der Waals surface area contributed by atoms with Crippen molar-refractivity contribution in [3.8, 4) is 0 Å². The van der Waals surface area contributed by atoms with E-state index in [1.165, 1.54) is 12.8 Å². The minimum absolute atomic E-state index is 0.0347. The highest BCUT2D eigenvalue weighted by atomic mass is 16.2. The SMILES string of the molecule is CC1NC(c2ccccc2)C(=O)N1C(C)(C)C1CC1. The minimum Gasteiger partial charge on any atom is -0.320 e. The number of carbonyl (C=O) groups excluding carboxylic acids is 1. The molecule has 2 aliphatic rings. The van der Waals surface area contributed by atoms with Gasteiger partial charge in [0.2, 0.25) is 5.91 Å². The van der Waals surface area contributed by atoms with E-state index in [9.17, 15) is 4.79 Å². The Hall–Kier alpha value is -1.35. The summed E-state index contributed by atoms with van der Waals surface area (Å²) in [5.41, 5.74) is 1.03. The fraction of sp³-hybridized carbons (Fsp3) is 0.562. The Labute approximate surface area is 115 Å². The Kier molecular flexibility index (Phi) is 2.90. The second-order valence-corrected chi connectivity index (χ2v) is 6.32. The second kappa shape index (κ2) is 4.34. The number of amides is 1. The molecule has 1 saturated heterocycles. The van der Waals surface area contributed by atoms with E-state index in [1.54, 1.807) is 0 Å². The molecule has 1 amide bonds. The standard InChI is InChI=1S/C16H22N2O/c1-11-17-14(12-7-5-4-6-8-12)15(19)18(11)16(2,3)13-9-10-13/h4-8,11,13-14,17H,9-10H2,1-3H3. The highest BCUT2D eigenvalue weighted by molar-refractivity contribution is 5.86. The summed E-state index contributed by atoms with van der Waals surface area (Å²) in [6.07, 6.45) is 2.60. The molecule has 3 rings (SSSR count). The van der Waals surface area contributed by atoms with E-state index in [1.807, 2.05) is 30.3 Å². The summed E-state index contributed by atoms with van der Waals surface area (Å²) in [4.78, 5) is 14.8. The molecule has 1 saturated carbocycles. The summed E-state index contributed by atoms with van der Waals surface area (Å²) >= 11 is 0. The van der Waals surface area contributed by atoms with Gasteiger partial charge in [-0.25, -0.2) is 0 Å². The highest BCUT2D eigenvalue weighted by Gasteiger charge is 2.50. The third-order valence-electron chi connectivity index (χ3n) is 4.61. The molecule has 2 atom stereocenters. The second-order valence-electron chi connectivity index (χ2n) is 6.32. The van der Waals surface area contributed by atoms with Crippen molar-refractivity contribution in [1.82, 2.24) is 10.2 Å². The largest absolute Gasteiger partial charge is 0.320 e. The monoisotopic (exact) mass is 258 g/mol. The molecule has 2 fully saturated rings. The zero-order valence-corrected chi connectivity index (χ0v) is 11.9.